The summed E-state index contributed by atoms with van der Waals surface area (Å²) in [4.78, 5) is 3.74. The van der Waals surface area contributed by atoms with Crippen molar-refractivity contribution in [1.29, 1.82) is 0 Å². The molecule has 0 aromatic heterocycles. The van der Waals surface area contributed by atoms with Gasteiger partial charge in [-0.15, -0.1) is 0 Å². The molecule has 0 spiro atoms. The van der Waals surface area contributed by atoms with E-state index in [4.69, 9.17) is 12.2 Å². The Kier molecular flexibility index (Phi) is 3.89. The summed E-state index contributed by atoms with van der Waals surface area (Å²) in [5, 5.41) is 0. The van der Waals surface area contributed by atoms with E-state index in [1.807, 2.05) is 0 Å². The monoisotopic (exact) mass is 239 g/mol. The molecule has 92 valence electrons. The summed E-state index contributed by atoms with van der Waals surface area (Å²) in [5.74, 6) is 2.53. The molecule has 3 unspecified atom stereocenters. The third kappa shape index (κ3) is 2.42. The predicted octanol–water partition coefficient (Wildman–Crippen LogP) is 3.87. The first-order chi connectivity index (χ1) is 7.59. The van der Waals surface area contributed by atoms with Crippen molar-refractivity contribution in [3.8, 4) is 0 Å². The number of rotatable bonds is 1. The van der Waals surface area contributed by atoms with Crippen LogP contribution in [0.15, 0.2) is 0 Å². The highest BCUT2D eigenvalue weighted by molar-refractivity contribution is 7.80. The molecule has 16 heavy (non-hydrogen) atoms. The minimum atomic E-state index is 0.592. The molecule has 0 amide bonds. The number of hydrogen-bond acceptors (Lipinski definition) is 1. The topological polar surface area (TPSA) is 3.24 Å². The van der Waals surface area contributed by atoms with Gasteiger partial charge in [0.2, 0.25) is 0 Å². The lowest BCUT2D eigenvalue weighted by Gasteiger charge is -2.42. The molecular formula is C14H25NS. The van der Waals surface area contributed by atoms with Gasteiger partial charge < -0.3 is 4.90 Å². The SMILES string of the molecule is CC1CCC2CCN(C(C)C)C(=S)C2CC1. The van der Waals surface area contributed by atoms with Crippen molar-refractivity contribution in [2.45, 2.75) is 58.9 Å². The molecular weight excluding hydrogens is 214 g/mol. The van der Waals surface area contributed by atoms with Crippen molar-refractivity contribution in [2.75, 3.05) is 6.54 Å². The van der Waals surface area contributed by atoms with Crippen LogP contribution in [0.5, 0.6) is 0 Å². The first kappa shape index (κ1) is 12.3. The molecule has 2 aliphatic rings. The zero-order chi connectivity index (χ0) is 11.7. The minimum Gasteiger partial charge on any atom is -0.363 e. The smallest absolute Gasteiger partial charge is 0.0815 e. The quantitative estimate of drug-likeness (QED) is 0.639. The van der Waals surface area contributed by atoms with Crippen LogP contribution < -0.4 is 0 Å². The normalized spacial score (nSPS) is 36.1. The van der Waals surface area contributed by atoms with E-state index in [1.165, 1.54) is 43.6 Å². The van der Waals surface area contributed by atoms with E-state index in [0.29, 0.717) is 6.04 Å². The van der Waals surface area contributed by atoms with Gasteiger partial charge >= 0.3 is 0 Å². The average molecular weight is 239 g/mol. The summed E-state index contributed by atoms with van der Waals surface area (Å²) in [5.41, 5.74) is 0. The van der Waals surface area contributed by atoms with Crippen LogP contribution in [-0.2, 0) is 0 Å². The zero-order valence-corrected chi connectivity index (χ0v) is 11.7. The van der Waals surface area contributed by atoms with Crippen molar-refractivity contribution in [3.63, 3.8) is 0 Å². The maximum Gasteiger partial charge on any atom is 0.0815 e. The molecule has 0 bridgehead atoms. The third-order valence-electron chi connectivity index (χ3n) is 4.53. The van der Waals surface area contributed by atoms with E-state index in [2.05, 4.69) is 25.7 Å². The fourth-order valence-electron chi connectivity index (χ4n) is 3.36. The van der Waals surface area contributed by atoms with E-state index in [0.717, 1.165) is 17.8 Å². The van der Waals surface area contributed by atoms with Crippen molar-refractivity contribution in [3.05, 3.63) is 0 Å². The van der Waals surface area contributed by atoms with Crippen molar-refractivity contribution >= 4 is 17.2 Å². The molecule has 2 rings (SSSR count). The number of thiocarbonyl (C=S) groups is 1. The first-order valence-corrected chi connectivity index (χ1v) is 7.31. The second-order valence-corrected chi connectivity index (χ2v) is 6.46. The van der Waals surface area contributed by atoms with E-state index >= 15 is 0 Å². The van der Waals surface area contributed by atoms with Crippen molar-refractivity contribution in [1.82, 2.24) is 4.90 Å². The summed E-state index contributed by atoms with van der Waals surface area (Å²) in [6.07, 6.45) is 6.93. The largest absolute Gasteiger partial charge is 0.363 e. The van der Waals surface area contributed by atoms with Gasteiger partial charge in [0, 0.05) is 18.5 Å². The third-order valence-corrected chi connectivity index (χ3v) is 5.07. The molecule has 1 nitrogen and oxygen atoms in total. The molecule has 1 saturated heterocycles. The highest BCUT2D eigenvalue weighted by atomic mass is 32.1. The average Bonchev–Trinajstić information content (AvgIpc) is 2.41. The standard InChI is InChI=1S/C14H25NS/c1-10(2)15-9-8-12-6-4-11(3)5-7-13(12)14(15)16/h10-13H,4-9H2,1-3H3. The predicted molar refractivity (Wildman–Crippen MR) is 73.7 cm³/mol. The van der Waals surface area contributed by atoms with Crippen LogP contribution in [0.1, 0.15) is 52.9 Å². The van der Waals surface area contributed by atoms with Gasteiger partial charge in [0.1, 0.15) is 0 Å². The highest BCUT2D eigenvalue weighted by Gasteiger charge is 2.35. The van der Waals surface area contributed by atoms with Gasteiger partial charge in [-0.1, -0.05) is 32.0 Å². The van der Waals surface area contributed by atoms with Crippen LogP contribution in [0.4, 0.5) is 0 Å². The lowest BCUT2D eigenvalue weighted by molar-refractivity contribution is 0.224. The Hall–Kier alpha value is -0.110. The van der Waals surface area contributed by atoms with Gasteiger partial charge in [0.15, 0.2) is 0 Å². The van der Waals surface area contributed by atoms with Crippen molar-refractivity contribution in [2.24, 2.45) is 17.8 Å². The molecule has 1 aliphatic heterocycles. The molecule has 0 aromatic rings. The molecule has 0 N–H and O–H groups in total. The van der Waals surface area contributed by atoms with Gasteiger partial charge in [-0.3, -0.25) is 0 Å². The maximum absolute atomic E-state index is 5.73. The molecule has 1 saturated carbocycles. The van der Waals surface area contributed by atoms with Crippen molar-refractivity contribution < 1.29 is 0 Å². The van der Waals surface area contributed by atoms with Crippen LogP contribution in [-0.4, -0.2) is 22.5 Å². The molecule has 1 heterocycles. The summed E-state index contributed by atoms with van der Waals surface area (Å²) in [7, 11) is 0. The van der Waals surface area contributed by atoms with Crippen LogP contribution in [0.3, 0.4) is 0 Å². The number of likely N-dealkylation sites (tertiary alicyclic amines) is 1. The molecule has 0 radical (unpaired) electrons. The molecule has 0 aromatic carbocycles. The van der Waals surface area contributed by atoms with Crippen LogP contribution >= 0.6 is 12.2 Å². The maximum atomic E-state index is 5.73. The molecule has 1 aliphatic carbocycles. The number of fused-ring (bicyclic) bond motifs is 1. The second kappa shape index (κ2) is 5.03. The minimum absolute atomic E-state index is 0.592. The Balaban J connectivity index is 2.08. The summed E-state index contributed by atoms with van der Waals surface area (Å²) < 4.78 is 0. The Bertz CT molecular complexity index is 261. The van der Waals surface area contributed by atoms with Gasteiger partial charge in [-0.2, -0.15) is 0 Å². The lowest BCUT2D eigenvalue weighted by Crippen LogP contribution is -2.47. The van der Waals surface area contributed by atoms with Crippen LogP contribution in [0.25, 0.3) is 0 Å². The number of nitrogens with zero attached hydrogens (tertiary/aromatic N) is 1. The highest BCUT2D eigenvalue weighted by Crippen LogP contribution is 2.38. The van der Waals surface area contributed by atoms with E-state index in [9.17, 15) is 0 Å². The summed E-state index contributed by atoms with van der Waals surface area (Å²) in [6.45, 7) is 8.14. The van der Waals surface area contributed by atoms with Crippen LogP contribution in [0.2, 0.25) is 0 Å². The van der Waals surface area contributed by atoms with E-state index < -0.39 is 0 Å². The second-order valence-electron chi connectivity index (χ2n) is 6.04. The first-order valence-electron chi connectivity index (χ1n) is 6.90. The number of piperidine rings is 1. The molecule has 3 atom stereocenters. The Morgan fingerprint density at radius 3 is 2.50 bits per heavy atom. The van der Waals surface area contributed by atoms with Crippen LogP contribution in [0, 0.1) is 17.8 Å². The van der Waals surface area contributed by atoms with Gasteiger partial charge in [0.25, 0.3) is 0 Å². The number of hydrogen-bond donors (Lipinski definition) is 0. The lowest BCUT2D eigenvalue weighted by atomic mass is 9.81. The zero-order valence-electron chi connectivity index (χ0n) is 10.9. The summed E-state index contributed by atoms with van der Waals surface area (Å²) in [6, 6.07) is 0.592. The Morgan fingerprint density at radius 2 is 1.81 bits per heavy atom. The van der Waals surface area contributed by atoms with E-state index in [-0.39, 0.29) is 0 Å². The van der Waals surface area contributed by atoms with Gasteiger partial charge in [-0.25, -0.2) is 0 Å². The fourth-order valence-corrected chi connectivity index (χ4v) is 3.97. The Morgan fingerprint density at radius 1 is 1.12 bits per heavy atom. The summed E-state index contributed by atoms with van der Waals surface area (Å²) >= 11 is 5.73. The fraction of sp³-hybridized carbons (Fsp3) is 0.929. The van der Waals surface area contributed by atoms with E-state index in [1.54, 1.807) is 0 Å². The van der Waals surface area contributed by atoms with Gasteiger partial charge in [0.05, 0.1) is 4.99 Å². The Labute approximate surface area is 106 Å². The molecule has 2 heteroatoms. The van der Waals surface area contributed by atoms with Gasteiger partial charge in [-0.05, 0) is 44.9 Å². The molecule has 2 fully saturated rings.